The quantitative estimate of drug-likeness (QED) is 0.653. The number of ether oxygens (including phenoxy) is 1. The Morgan fingerprint density at radius 2 is 1.67 bits per heavy atom. The molecule has 21 heavy (non-hydrogen) atoms. The Morgan fingerprint density at radius 3 is 2.29 bits per heavy atom. The first kappa shape index (κ1) is 17.6. The van der Waals surface area contributed by atoms with Gasteiger partial charge in [-0.05, 0) is 49.1 Å². The molecule has 0 bridgehead atoms. The minimum atomic E-state index is 0.767. The highest BCUT2D eigenvalue weighted by Gasteiger charge is 2.03. The number of halogens is 1. The molecule has 0 amide bonds. The van der Waals surface area contributed by atoms with Crippen LogP contribution in [-0.2, 0) is 6.42 Å². The number of hydrogen-bond donors (Lipinski definition) is 0. The molecular formula is C19H25ClO. The van der Waals surface area contributed by atoms with Crippen LogP contribution in [0.4, 0.5) is 0 Å². The largest absolute Gasteiger partial charge is 0.494 e. The van der Waals surface area contributed by atoms with Crippen molar-refractivity contribution < 1.29 is 4.74 Å². The van der Waals surface area contributed by atoms with E-state index in [2.05, 4.69) is 32.0 Å². The summed E-state index contributed by atoms with van der Waals surface area (Å²) in [5.41, 5.74) is 3.66. The summed E-state index contributed by atoms with van der Waals surface area (Å²) >= 11 is 6.22. The lowest BCUT2D eigenvalue weighted by atomic mass is 10.0. The summed E-state index contributed by atoms with van der Waals surface area (Å²) in [7, 11) is 0. The molecule has 0 aromatic heterocycles. The molecule has 0 spiro atoms. The van der Waals surface area contributed by atoms with Gasteiger partial charge >= 0.3 is 0 Å². The van der Waals surface area contributed by atoms with E-state index in [0.717, 1.165) is 30.2 Å². The van der Waals surface area contributed by atoms with Crippen LogP contribution in [0.3, 0.4) is 0 Å². The Morgan fingerprint density at radius 1 is 1.00 bits per heavy atom. The molecule has 0 unspecified atom stereocenters. The zero-order valence-electron chi connectivity index (χ0n) is 13.4. The van der Waals surface area contributed by atoms with E-state index in [4.69, 9.17) is 16.3 Å². The van der Waals surface area contributed by atoms with Crippen molar-refractivity contribution in [3.63, 3.8) is 0 Å². The van der Waals surface area contributed by atoms with Gasteiger partial charge in [0.1, 0.15) is 5.75 Å². The third-order valence-electron chi connectivity index (χ3n) is 2.99. The van der Waals surface area contributed by atoms with Crippen LogP contribution in [0.15, 0.2) is 42.5 Å². The first-order valence-corrected chi connectivity index (χ1v) is 8.03. The van der Waals surface area contributed by atoms with Crippen molar-refractivity contribution in [3.05, 3.63) is 64.2 Å². The van der Waals surface area contributed by atoms with Gasteiger partial charge in [0.15, 0.2) is 0 Å². The van der Waals surface area contributed by atoms with Crippen LogP contribution < -0.4 is 4.74 Å². The number of aryl methyl sites for hydroxylation is 1. The third kappa shape index (κ3) is 5.81. The maximum atomic E-state index is 6.22. The van der Waals surface area contributed by atoms with E-state index in [9.17, 15) is 0 Å². The van der Waals surface area contributed by atoms with Crippen LogP contribution in [0, 0.1) is 6.92 Å². The molecule has 0 atom stereocenters. The smallest absolute Gasteiger partial charge is 0.119 e. The van der Waals surface area contributed by atoms with Crippen molar-refractivity contribution in [3.8, 4) is 5.75 Å². The number of rotatable bonds is 5. The first-order chi connectivity index (χ1) is 10.2. The summed E-state index contributed by atoms with van der Waals surface area (Å²) in [5, 5.41) is 0.830. The molecule has 0 radical (unpaired) electrons. The second-order valence-corrected chi connectivity index (χ2v) is 5.17. The second-order valence-electron chi connectivity index (χ2n) is 4.76. The van der Waals surface area contributed by atoms with E-state index in [0.29, 0.717) is 0 Å². The van der Waals surface area contributed by atoms with Crippen molar-refractivity contribution in [2.45, 2.75) is 40.5 Å². The van der Waals surface area contributed by atoms with E-state index in [1.54, 1.807) is 0 Å². The Hall–Kier alpha value is -1.47. The molecule has 0 aliphatic rings. The lowest BCUT2D eigenvalue weighted by molar-refractivity contribution is 0.317. The standard InChI is InChI=1S/C17H19ClO.C2H6/c1-3-10-19-16-7-5-14(6-8-16)12-15-11-13(2)4-9-17(15)18;1-2/h4-9,11H,3,10,12H2,1-2H3;1-2H3. The summed E-state index contributed by atoms with van der Waals surface area (Å²) in [5.74, 6) is 0.931. The van der Waals surface area contributed by atoms with Crippen molar-refractivity contribution in [1.82, 2.24) is 0 Å². The normalized spacial score (nSPS) is 9.76. The second kappa shape index (κ2) is 9.46. The summed E-state index contributed by atoms with van der Waals surface area (Å²) in [6.07, 6.45) is 1.88. The van der Waals surface area contributed by atoms with Crippen LogP contribution in [0.2, 0.25) is 5.02 Å². The zero-order valence-corrected chi connectivity index (χ0v) is 14.2. The topological polar surface area (TPSA) is 9.23 Å². The third-order valence-corrected chi connectivity index (χ3v) is 3.36. The van der Waals surface area contributed by atoms with Gasteiger partial charge in [-0.25, -0.2) is 0 Å². The number of hydrogen-bond acceptors (Lipinski definition) is 1. The van der Waals surface area contributed by atoms with Gasteiger partial charge in [0.2, 0.25) is 0 Å². The van der Waals surface area contributed by atoms with Crippen LogP contribution in [-0.4, -0.2) is 6.61 Å². The average molecular weight is 305 g/mol. The van der Waals surface area contributed by atoms with Gasteiger partial charge in [-0.15, -0.1) is 0 Å². The van der Waals surface area contributed by atoms with Crippen LogP contribution in [0.5, 0.6) is 5.75 Å². The molecular weight excluding hydrogens is 280 g/mol. The molecule has 2 aromatic rings. The zero-order chi connectivity index (χ0) is 15.7. The fraction of sp³-hybridized carbons (Fsp3) is 0.368. The van der Waals surface area contributed by atoms with Crippen molar-refractivity contribution in [2.75, 3.05) is 6.61 Å². The lowest BCUT2D eigenvalue weighted by Crippen LogP contribution is -1.95. The molecule has 2 rings (SSSR count). The van der Waals surface area contributed by atoms with Crippen molar-refractivity contribution >= 4 is 11.6 Å². The highest BCUT2D eigenvalue weighted by atomic mass is 35.5. The van der Waals surface area contributed by atoms with Gasteiger partial charge in [0, 0.05) is 5.02 Å². The van der Waals surface area contributed by atoms with Gasteiger partial charge in [-0.2, -0.15) is 0 Å². The molecule has 0 fully saturated rings. The monoisotopic (exact) mass is 304 g/mol. The minimum Gasteiger partial charge on any atom is -0.494 e. The van der Waals surface area contributed by atoms with E-state index < -0.39 is 0 Å². The fourth-order valence-electron chi connectivity index (χ4n) is 1.98. The predicted octanol–water partition coefficient (Wildman–Crippen LogP) is 6.05. The maximum Gasteiger partial charge on any atom is 0.119 e. The van der Waals surface area contributed by atoms with Crippen molar-refractivity contribution in [2.24, 2.45) is 0 Å². The Kier molecular flexibility index (Phi) is 7.92. The van der Waals surface area contributed by atoms with Gasteiger partial charge in [0.25, 0.3) is 0 Å². The molecule has 0 aliphatic heterocycles. The van der Waals surface area contributed by atoms with Crippen LogP contribution in [0.1, 0.15) is 43.9 Å². The number of benzene rings is 2. The first-order valence-electron chi connectivity index (χ1n) is 7.66. The molecule has 0 N–H and O–H groups in total. The van der Waals surface area contributed by atoms with Gasteiger partial charge < -0.3 is 4.74 Å². The van der Waals surface area contributed by atoms with Crippen LogP contribution in [0.25, 0.3) is 0 Å². The SMILES string of the molecule is CC.CCCOc1ccc(Cc2cc(C)ccc2Cl)cc1. The minimum absolute atomic E-state index is 0.767. The van der Waals surface area contributed by atoms with Gasteiger partial charge in [0.05, 0.1) is 6.61 Å². The fourth-order valence-corrected chi connectivity index (χ4v) is 2.17. The summed E-state index contributed by atoms with van der Waals surface area (Å²) in [6, 6.07) is 14.4. The molecule has 0 heterocycles. The Balaban J connectivity index is 0.00000106. The summed E-state index contributed by atoms with van der Waals surface area (Å²) < 4.78 is 5.58. The Bertz CT molecular complexity index is 532. The average Bonchev–Trinajstić information content (AvgIpc) is 2.52. The molecule has 0 saturated carbocycles. The highest BCUT2D eigenvalue weighted by Crippen LogP contribution is 2.22. The van der Waals surface area contributed by atoms with Crippen molar-refractivity contribution in [1.29, 1.82) is 0 Å². The van der Waals surface area contributed by atoms with E-state index >= 15 is 0 Å². The summed E-state index contributed by atoms with van der Waals surface area (Å²) in [4.78, 5) is 0. The predicted molar refractivity (Wildman–Crippen MR) is 92.6 cm³/mol. The van der Waals surface area contributed by atoms with E-state index in [1.165, 1.54) is 16.7 Å². The molecule has 114 valence electrons. The lowest BCUT2D eigenvalue weighted by Gasteiger charge is -2.08. The highest BCUT2D eigenvalue weighted by molar-refractivity contribution is 6.31. The molecule has 2 aromatic carbocycles. The van der Waals surface area contributed by atoms with Gasteiger partial charge in [-0.3, -0.25) is 0 Å². The van der Waals surface area contributed by atoms with Crippen LogP contribution >= 0.6 is 11.6 Å². The Labute approximate surface area is 133 Å². The van der Waals surface area contributed by atoms with Gasteiger partial charge in [-0.1, -0.05) is 62.2 Å². The van der Waals surface area contributed by atoms with E-state index in [1.807, 2.05) is 38.1 Å². The van der Waals surface area contributed by atoms with E-state index in [-0.39, 0.29) is 0 Å². The molecule has 1 nitrogen and oxygen atoms in total. The maximum absolute atomic E-state index is 6.22. The molecule has 0 aliphatic carbocycles. The summed E-state index contributed by atoms with van der Waals surface area (Å²) in [6.45, 7) is 8.96. The molecule has 0 saturated heterocycles. The molecule has 2 heteroatoms.